The summed E-state index contributed by atoms with van der Waals surface area (Å²) in [4.78, 5) is 19.1. The van der Waals surface area contributed by atoms with Gasteiger partial charge in [0.25, 0.3) is 5.91 Å². The summed E-state index contributed by atoms with van der Waals surface area (Å²) >= 11 is 12.1. The number of benzene rings is 1. The molecule has 1 aromatic heterocycles. The Labute approximate surface area is 156 Å². The van der Waals surface area contributed by atoms with Crippen LogP contribution in [0.4, 0.5) is 0 Å². The number of carbonyl (C=O) groups excluding carboxylic acids is 1. The van der Waals surface area contributed by atoms with Crippen molar-refractivity contribution in [3.05, 3.63) is 45.5 Å². The number of nitrogens with zero attached hydrogens (tertiary/aromatic N) is 3. The lowest BCUT2D eigenvalue weighted by atomic mass is 9.94. The molecule has 1 unspecified atom stereocenters. The van der Waals surface area contributed by atoms with Crippen LogP contribution in [-0.2, 0) is 6.42 Å². The largest absolute Gasteiger partial charge is 0.339 e. The maximum atomic E-state index is 12.8. The maximum Gasteiger partial charge on any atom is 0.255 e. The lowest BCUT2D eigenvalue weighted by Crippen LogP contribution is -2.40. The number of halogens is 2. The normalized spacial score (nSPS) is 20.7. The molecule has 0 spiro atoms. The summed E-state index contributed by atoms with van der Waals surface area (Å²) in [5.41, 5.74) is 0.500. The zero-order valence-corrected chi connectivity index (χ0v) is 15.3. The average molecular weight is 380 g/mol. The van der Waals surface area contributed by atoms with Crippen molar-refractivity contribution in [2.45, 2.75) is 38.0 Å². The SMILES string of the molecule is O=C(c1ccc(Cl)cc1Cl)N1CCCC(Cc2nc(C3CC3)no2)C1. The minimum absolute atomic E-state index is 0.0458. The van der Waals surface area contributed by atoms with Gasteiger partial charge in [0.15, 0.2) is 5.82 Å². The maximum absolute atomic E-state index is 12.8. The van der Waals surface area contributed by atoms with Crippen LogP contribution in [0.15, 0.2) is 22.7 Å². The first-order valence-electron chi connectivity index (χ1n) is 8.67. The molecule has 4 rings (SSSR count). The molecule has 2 heterocycles. The number of aromatic nitrogens is 2. The first-order valence-corrected chi connectivity index (χ1v) is 9.42. The van der Waals surface area contributed by atoms with E-state index in [-0.39, 0.29) is 5.91 Å². The third-order valence-corrected chi connectivity index (χ3v) is 5.41. The van der Waals surface area contributed by atoms with Crippen molar-refractivity contribution >= 4 is 29.1 Å². The first kappa shape index (κ1) is 16.9. The van der Waals surface area contributed by atoms with Gasteiger partial charge < -0.3 is 9.42 Å². The van der Waals surface area contributed by atoms with Gasteiger partial charge in [0.2, 0.25) is 5.89 Å². The smallest absolute Gasteiger partial charge is 0.255 e. The Hall–Kier alpha value is -1.59. The number of hydrogen-bond acceptors (Lipinski definition) is 4. The van der Waals surface area contributed by atoms with Crippen molar-refractivity contribution in [2.24, 2.45) is 5.92 Å². The number of carbonyl (C=O) groups is 1. The van der Waals surface area contributed by atoms with Gasteiger partial charge in [0, 0.05) is 30.5 Å². The molecule has 7 heteroatoms. The van der Waals surface area contributed by atoms with Gasteiger partial charge in [-0.05, 0) is 49.8 Å². The fourth-order valence-corrected chi connectivity index (χ4v) is 3.84. The summed E-state index contributed by atoms with van der Waals surface area (Å²) in [6.07, 6.45) is 5.06. The molecule has 1 saturated carbocycles. The lowest BCUT2D eigenvalue weighted by Gasteiger charge is -2.32. The fraction of sp³-hybridized carbons (Fsp3) is 0.500. The Bertz CT molecular complexity index is 788. The van der Waals surface area contributed by atoms with E-state index < -0.39 is 0 Å². The van der Waals surface area contributed by atoms with Crippen LogP contribution in [0.3, 0.4) is 0 Å². The van der Waals surface area contributed by atoms with E-state index in [1.807, 2.05) is 4.90 Å². The van der Waals surface area contributed by atoms with Gasteiger partial charge in [-0.1, -0.05) is 28.4 Å². The molecule has 1 amide bonds. The van der Waals surface area contributed by atoms with E-state index in [9.17, 15) is 4.79 Å². The predicted molar refractivity (Wildman–Crippen MR) is 95.1 cm³/mol. The molecule has 1 aliphatic heterocycles. The second-order valence-electron chi connectivity index (χ2n) is 6.91. The van der Waals surface area contributed by atoms with Crippen molar-refractivity contribution in [3.8, 4) is 0 Å². The molecule has 0 N–H and O–H groups in total. The summed E-state index contributed by atoms with van der Waals surface area (Å²) in [5.74, 6) is 2.30. The molecule has 2 aliphatic rings. The quantitative estimate of drug-likeness (QED) is 0.791. The van der Waals surface area contributed by atoms with E-state index in [1.54, 1.807) is 18.2 Å². The van der Waals surface area contributed by atoms with Crippen molar-refractivity contribution in [3.63, 3.8) is 0 Å². The zero-order chi connectivity index (χ0) is 17.4. The summed E-state index contributed by atoms with van der Waals surface area (Å²) in [7, 11) is 0. The van der Waals surface area contributed by atoms with E-state index in [0.29, 0.717) is 39.9 Å². The van der Waals surface area contributed by atoms with Gasteiger partial charge in [-0.15, -0.1) is 0 Å². The summed E-state index contributed by atoms with van der Waals surface area (Å²) in [6, 6.07) is 4.99. The molecule has 2 fully saturated rings. The van der Waals surface area contributed by atoms with Crippen LogP contribution in [-0.4, -0.2) is 34.0 Å². The van der Waals surface area contributed by atoms with E-state index in [1.165, 1.54) is 0 Å². The highest BCUT2D eigenvalue weighted by Gasteiger charge is 2.30. The van der Waals surface area contributed by atoms with Gasteiger partial charge in [0.05, 0.1) is 10.6 Å². The standard InChI is InChI=1S/C18H19Cl2N3O2/c19-13-5-6-14(15(20)9-13)18(24)23-7-1-2-11(10-23)8-16-21-17(22-25-16)12-3-4-12/h5-6,9,11-12H,1-4,7-8,10H2. The Balaban J connectivity index is 1.42. The highest BCUT2D eigenvalue weighted by atomic mass is 35.5. The van der Waals surface area contributed by atoms with Crippen molar-refractivity contribution in [1.29, 1.82) is 0 Å². The number of likely N-dealkylation sites (tertiary alicyclic amines) is 1. The fourth-order valence-electron chi connectivity index (χ4n) is 3.35. The molecule has 1 aliphatic carbocycles. The summed E-state index contributed by atoms with van der Waals surface area (Å²) < 4.78 is 5.38. The topological polar surface area (TPSA) is 59.2 Å². The Morgan fingerprint density at radius 3 is 2.88 bits per heavy atom. The van der Waals surface area contributed by atoms with Gasteiger partial charge in [-0.25, -0.2) is 0 Å². The molecule has 132 valence electrons. The molecule has 1 aromatic carbocycles. The lowest BCUT2D eigenvalue weighted by molar-refractivity contribution is 0.0668. The third kappa shape index (κ3) is 3.82. The summed E-state index contributed by atoms with van der Waals surface area (Å²) in [6.45, 7) is 1.42. The van der Waals surface area contributed by atoms with Gasteiger partial charge in [0.1, 0.15) is 0 Å². The molecule has 1 saturated heterocycles. The van der Waals surface area contributed by atoms with Crippen LogP contribution in [0.25, 0.3) is 0 Å². The number of hydrogen-bond donors (Lipinski definition) is 0. The Kier molecular flexibility index (Phi) is 4.69. The third-order valence-electron chi connectivity index (χ3n) is 4.86. The molecular formula is C18H19Cl2N3O2. The number of rotatable bonds is 4. The van der Waals surface area contributed by atoms with Gasteiger partial charge in [-0.3, -0.25) is 4.79 Å². The molecule has 0 radical (unpaired) electrons. The van der Waals surface area contributed by atoms with Crippen molar-refractivity contribution in [1.82, 2.24) is 15.0 Å². The summed E-state index contributed by atoms with van der Waals surface area (Å²) in [5, 5.41) is 4.99. The molecule has 0 bridgehead atoms. The second kappa shape index (κ2) is 6.96. The monoisotopic (exact) mass is 379 g/mol. The second-order valence-corrected chi connectivity index (χ2v) is 7.75. The van der Waals surface area contributed by atoms with E-state index >= 15 is 0 Å². The molecule has 5 nitrogen and oxygen atoms in total. The van der Waals surface area contributed by atoms with Crippen LogP contribution in [0.2, 0.25) is 10.0 Å². The molecular weight excluding hydrogens is 361 g/mol. The Morgan fingerprint density at radius 2 is 2.12 bits per heavy atom. The first-order chi connectivity index (χ1) is 12.1. The number of amides is 1. The highest BCUT2D eigenvalue weighted by molar-refractivity contribution is 6.36. The van der Waals surface area contributed by atoms with Crippen LogP contribution < -0.4 is 0 Å². The van der Waals surface area contributed by atoms with Crippen molar-refractivity contribution in [2.75, 3.05) is 13.1 Å². The van der Waals surface area contributed by atoms with E-state index in [0.717, 1.165) is 44.5 Å². The van der Waals surface area contributed by atoms with Crippen LogP contribution in [0.5, 0.6) is 0 Å². The van der Waals surface area contributed by atoms with Crippen LogP contribution in [0, 0.1) is 5.92 Å². The minimum atomic E-state index is -0.0458. The van der Waals surface area contributed by atoms with Gasteiger partial charge in [-0.2, -0.15) is 4.98 Å². The van der Waals surface area contributed by atoms with Gasteiger partial charge >= 0.3 is 0 Å². The zero-order valence-electron chi connectivity index (χ0n) is 13.8. The van der Waals surface area contributed by atoms with E-state index in [2.05, 4.69) is 10.1 Å². The van der Waals surface area contributed by atoms with Crippen LogP contribution >= 0.6 is 23.2 Å². The average Bonchev–Trinajstić information content (AvgIpc) is 3.35. The predicted octanol–water partition coefficient (Wildman–Crippen LogP) is 4.35. The molecule has 2 aromatic rings. The molecule has 25 heavy (non-hydrogen) atoms. The van der Waals surface area contributed by atoms with E-state index in [4.69, 9.17) is 27.7 Å². The van der Waals surface area contributed by atoms with Crippen LogP contribution in [0.1, 0.15) is 53.7 Å². The number of piperidine rings is 1. The van der Waals surface area contributed by atoms with Crippen molar-refractivity contribution < 1.29 is 9.32 Å². The molecule has 1 atom stereocenters. The minimum Gasteiger partial charge on any atom is -0.339 e. The highest BCUT2D eigenvalue weighted by Crippen LogP contribution is 2.38. The Morgan fingerprint density at radius 1 is 1.28 bits per heavy atom.